The van der Waals surface area contributed by atoms with E-state index in [9.17, 15) is 9.59 Å². The number of benzene rings is 1. The highest BCUT2D eigenvalue weighted by Crippen LogP contribution is 2.29. The van der Waals surface area contributed by atoms with E-state index >= 15 is 0 Å². The molecule has 1 saturated heterocycles. The highest BCUT2D eigenvalue weighted by atomic mass is 35.5. The number of fused-ring (bicyclic) bond motifs is 1. The number of thiophene rings is 1. The molecule has 176 valence electrons. The predicted octanol–water partition coefficient (Wildman–Crippen LogP) is 3.83. The Labute approximate surface area is 203 Å². The lowest BCUT2D eigenvalue weighted by Crippen LogP contribution is -2.47. The zero-order valence-corrected chi connectivity index (χ0v) is 20.6. The summed E-state index contributed by atoms with van der Waals surface area (Å²) in [5.41, 5.74) is 2.03. The number of nitrogens with one attached hydrogen (secondary N) is 2. The average Bonchev–Trinajstić information content (AvgIpc) is 3.36. The zero-order valence-electron chi connectivity index (χ0n) is 19.1. The molecule has 33 heavy (non-hydrogen) atoms. The Balaban J connectivity index is 1.35. The van der Waals surface area contributed by atoms with Crippen LogP contribution in [-0.2, 0) is 11.3 Å². The van der Waals surface area contributed by atoms with Crippen LogP contribution in [-0.4, -0.2) is 58.7 Å². The van der Waals surface area contributed by atoms with E-state index in [0.717, 1.165) is 60.4 Å². The Bertz CT molecular complexity index is 1120. The molecule has 1 fully saturated rings. The van der Waals surface area contributed by atoms with Gasteiger partial charge in [0.15, 0.2) is 0 Å². The van der Waals surface area contributed by atoms with Gasteiger partial charge in [-0.15, -0.1) is 11.3 Å². The first kappa shape index (κ1) is 23.7. The second kappa shape index (κ2) is 10.7. The summed E-state index contributed by atoms with van der Waals surface area (Å²) in [5, 5.41) is 12.5. The Morgan fingerprint density at radius 2 is 1.94 bits per heavy atom. The number of piperidine rings is 1. The van der Waals surface area contributed by atoms with E-state index in [4.69, 9.17) is 11.6 Å². The van der Waals surface area contributed by atoms with Gasteiger partial charge in [-0.2, -0.15) is 5.10 Å². The number of likely N-dealkylation sites (tertiary alicyclic amines) is 1. The molecule has 2 aromatic heterocycles. The number of rotatable bonds is 8. The van der Waals surface area contributed by atoms with Crippen molar-refractivity contribution in [1.29, 1.82) is 0 Å². The molecule has 2 amide bonds. The minimum absolute atomic E-state index is 0.0345. The quantitative estimate of drug-likeness (QED) is 0.506. The molecule has 0 atom stereocenters. The Hall–Kier alpha value is -2.42. The number of nitrogens with zero attached hydrogens (tertiary/aromatic N) is 3. The maximum atomic E-state index is 13.0. The van der Waals surface area contributed by atoms with Gasteiger partial charge in [0.05, 0.1) is 23.7 Å². The number of aryl methyl sites for hydroxylation is 1. The fourth-order valence-electron chi connectivity index (χ4n) is 4.11. The van der Waals surface area contributed by atoms with Crippen LogP contribution in [0.1, 0.15) is 47.1 Å². The van der Waals surface area contributed by atoms with Crippen molar-refractivity contribution in [3.05, 3.63) is 51.5 Å². The fraction of sp³-hybridized carbons (Fsp3) is 0.458. The van der Waals surface area contributed by atoms with Gasteiger partial charge in [0, 0.05) is 36.1 Å². The maximum Gasteiger partial charge on any atom is 0.261 e. The maximum absolute atomic E-state index is 13.0. The van der Waals surface area contributed by atoms with Crippen molar-refractivity contribution >= 4 is 45.0 Å². The molecule has 0 spiro atoms. The van der Waals surface area contributed by atoms with E-state index in [0.29, 0.717) is 23.0 Å². The molecule has 7 nitrogen and oxygen atoms in total. The smallest absolute Gasteiger partial charge is 0.261 e. The molecule has 4 rings (SSSR count). The zero-order chi connectivity index (χ0) is 23.4. The largest absolute Gasteiger partial charge is 0.355 e. The van der Waals surface area contributed by atoms with Crippen LogP contribution in [0.15, 0.2) is 30.3 Å². The standard InChI is InChI=1S/C24H30ClN5O2S/c1-3-10-26-22(31)15-29-11-8-19(9-12-29)27-23(32)21-13-20-16(2)28-30(24(20)33-21)14-17-4-6-18(25)7-5-17/h4-7,13,19H,3,8-12,14-15H2,1-2H3,(H,26,31)(H,27,32). The number of hydrogen-bond donors (Lipinski definition) is 2. The first-order chi connectivity index (χ1) is 15.9. The van der Waals surface area contributed by atoms with Crippen molar-refractivity contribution in [2.75, 3.05) is 26.2 Å². The summed E-state index contributed by atoms with van der Waals surface area (Å²) in [7, 11) is 0. The van der Waals surface area contributed by atoms with Crippen molar-refractivity contribution in [2.24, 2.45) is 0 Å². The lowest BCUT2D eigenvalue weighted by Gasteiger charge is -2.31. The molecule has 0 bridgehead atoms. The van der Waals surface area contributed by atoms with Gasteiger partial charge < -0.3 is 10.6 Å². The van der Waals surface area contributed by atoms with Gasteiger partial charge in [0.1, 0.15) is 4.83 Å². The van der Waals surface area contributed by atoms with E-state index in [1.165, 1.54) is 11.3 Å². The molecule has 3 aromatic rings. The van der Waals surface area contributed by atoms with Gasteiger partial charge in [-0.3, -0.25) is 19.2 Å². The SMILES string of the molecule is CCCNC(=O)CN1CCC(NC(=O)c2cc3c(C)nn(Cc4ccc(Cl)cc4)c3s2)CC1. The third-order valence-electron chi connectivity index (χ3n) is 5.94. The molecular formula is C24H30ClN5O2S. The van der Waals surface area contributed by atoms with Crippen LogP contribution in [0.25, 0.3) is 10.2 Å². The summed E-state index contributed by atoms with van der Waals surface area (Å²) >= 11 is 7.47. The lowest BCUT2D eigenvalue weighted by molar-refractivity contribution is -0.122. The number of halogens is 1. The fourth-order valence-corrected chi connectivity index (χ4v) is 5.30. The van der Waals surface area contributed by atoms with Gasteiger partial charge in [-0.25, -0.2) is 0 Å². The summed E-state index contributed by atoms with van der Waals surface area (Å²) in [6.07, 6.45) is 2.64. The minimum atomic E-state index is -0.0345. The number of carbonyl (C=O) groups is 2. The van der Waals surface area contributed by atoms with Gasteiger partial charge in [-0.05, 0) is 49.9 Å². The molecule has 1 aromatic carbocycles. The van der Waals surface area contributed by atoms with Crippen molar-refractivity contribution in [2.45, 2.75) is 45.7 Å². The monoisotopic (exact) mass is 487 g/mol. The molecule has 1 aliphatic rings. The van der Waals surface area contributed by atoms with Crippen LogP contribution in [0, 0.1) is 6.92 Å². The summed E-state index contributed by atoms with van der Waals surface area (Å²) in [6, 6.07) is 9.81. The van der Waals surface area contributed by atoms with Crippen LogP contribution in [0.5, 0.6) is 0 Å². The van der Waals surface area contributed by atoms with Crippen molar-refractivity contribution in [1.82, 2.24) is 25.3 Å². The Morgan fingerprint density at radius 1 is 1.21 bits per heavy atom. The van der Waals surface area contributed by atoms with Crippen molar-refractivity contribution in [3.8, 4) is 0 Å². The third-order valence-corrected chi connectivity index (χ3v) is 7.34. The van der Waals surface area contributed by atoms with Crippen LogP contribution >= 0.6 is 22.9 Å². The van der Waals surface area contributed by atoms with Gasteiger partial charge >= 0.3 is 0 Å². The van der Waals surface area contributed by atoms with Gasteiger partial charge in [0.2, 0.25) is 5.91 Å². The molecule has 3 heterocycles. The second-order valence-corrected chi connectivity index (χ2v) is 10.0. The van der Waals surface area contributed by atoms with E-state index in [2.05, 4.69) is 20.6 Å². The normalized spacial score (nSPS) is 15.1. The first-order valence-electron chi connectivity index (χ1n) is 11.4. The molecule has 0 aliphatic carbocycles. The number of carbonyl (C=O) groups excluding carboxylic acids is 2. The summed E-state index contributed by atoms with van der Waals surface area (Å²) in [6.45, 7) is 7.42. The second-order valence-electron chi connectivity index (χ2n) is 8.57. The minimum Gasteiger partial charge on any atom is -0.355 e. The van der Waals surface area contributed by atoms with Crippen LogP contribution in [0.2, 0.25) is 5.02 Å². The lowest BCUT2D eigenvalue weighted by atomic mass is 10.0. The van der Waals surface area contributed by atoms with Crippen LogP contribution in [0.4, 0.5) is 0 Å². The molecule has 0 saturated carbocycles. The molecule has 1 aliphatic heterocycles. The Morgan fingerprint density at radius 3 is 2.64 bits per heavy atom. The van der Waals surface area contributed by atoms with Crippen molar-refractivity contribution in [3.63, 3.8) is 0 Å². The first-order valence-corrected chi connectivity index (χ1v) is 12.6. The molecule has 9 heteroatoms. The predicted molar refractivity (Wildman–Crippen MR) is 133 cm³/mol. The molecular weight excluding hydrogens is 458 g/mol. The van der Waals surface area contributed by atoms with E-state index in [1.54, 1.807) is 0 Å². The Kier molecular flexibility index (Phi) is 7.67. The van der Waals surface area contributed by atoms with Crippen molar-refractivity contribution < 1.29 is 9.59 Å². The number of hydrogen-bond acceptors (Lipinski definition) is 5. The highest BCUT2D eigenvalue weighted by Gasteiger charge is 2.24. The molecule has 2 N–H and O–H groups in total. The van der Waals surface area contributed by atoms with E-state index < -0.39 is 0 Å². The molecule has 0 radical (unpaired) electrons. The van der Waals surface area contributed by atoms with Gasteiger partial charge in [-0.1, -0.05) is 30.7 Å². The summed E-state index contributed by atoms with van der Waals surface area (Å²) < 4.78 is 1.96. The van der Waals surface area contributed by atoms with Crippen LogP contribution in [0.3, 0.4) is 0 Å². The number of amides is 2. The van der Waals surface area contributed by atoms with Crippen LogP contribution < -0.4 is 10.6 Å². The third kappa shape index (κ3) is 5.93. The van der Waals surface area contributed by atoms with E-state index in [1.807, 2.05) is 48.9 Å². The summed E-state index contributed by atoms with van der Waals surface area (Å²) in [5.74, 6) is 0.0420. The average molecular weight is 488 g/mol. The number of aromatic nitrogens is 2. The van der Waals surface area contributed by atoms with Gasteiger partial charge in [0.25, 0.3) is 5.91 Å². The van der Waals surface area contributed by atoms with E-state index in [-0.39, 0.29) is 17.9 Å². The molecule has 0 unspecified atom stereocenters. The summed E-state index contributed by atoms with van der Waals surface area (Å²) in [4.78, 5) is 28.7. The highest BCUT2D eigenvalue weighted by molar-refractivity contribution is 7.20. The topological polar surface area (TPSA) is 79.3 Å².